The lowest BCUT2D eigenvalue weighted by atomic mass is 10.1. The summed E-state index contributed by atoms with van der Waals surface area (Å²) in [5.41, 5.74) is 1.24. The Balaban J connectivity index is 2.78. The molecule has 4 nitrogen and oxygen atoms in total. The molecule has 2 aromatic rings. The molecule has 0 aliphatic carbocycles. The van der Waals surface area contributed by atoms with Crippen LogP contribution in [0, 0.1) is 6.92 Å². The van der Waals surface area contributed by atoms with Gasteiger partial charge in [-0.05, 0) is 33.8 Å². The van der Waals surface area contributed by atoms with Crippen molar-refractivity contribution in [2.75, 3.05) is 0 Å². The van der Waals surface area contributed by atoms with E-state index < -0.39 is 0 Å². The van der Waals surface area contributed by atoms with E-state index in [4.69, 9.17) is 0 Å². The van der Waals surface area contributed by atoms with Crippen molar-refractivity contribution in [2.45, 2.75) is 33.2 Å². The van der Waals surface area contributed by atoms with Crippen LogP contribution >= 0.6 is 0 Å². The molecule has 0 atom stereocenters. The van der Waals surface area contributed by atoms with Gasteiger partial charge in [0.15, 0.2) is 0 Å². The summed E-state index contributed by atoms with van der Waals surface area (Å²) in [6.45, 7) is 7.91. The van der Waals surface area contributed by atoms with Crippen LogP contribution in [-0.2, 0) is 5.54 Å². The van der Waals surface area contributed by atoms with Crippen LogP contribution in [0.1, 0.15) is 26.5 Å². The first-order chi connectivity index (χ1) is 6.88. The lowest BCUT2D eigenvalue weighted by Crippen LogP contribution is -2.34. The molecule has 0 saturated carbocycles. The molecule has 0 radical (unpaired) electrons. The number of rotatable bonds is 0. The summed E-state index contributed by atoms with van der Waals surface area (Å²) in [5, 5.41) is 0.974. The average molecular weight is 205 g/mol. The van der Waals surface area contributed by atoms with Gasteiger partial charge in [0, 0.05) is 22.8 Å². The molecule has 0 amide bonds. The van der Waals surface area contributed by atoms with E-state index in [-0.39, 0.29) is 11.2 Å². The van der Waals surface area contributed by atoms with Gasteiger partial charge in [-0.1, -0.05) is 0 Å². The standard InChI is InChI=1S/C11H15N3O/c1-7-5-8-6-14(11(2,3)4)10(15)13-9(8)12-7/h5-6H,1-4H3,(H,12,13,15). The number of aromatic nitrogens is 3. The van der Waals surface area contributed by atoms with Gasteiger partial charge < -0.3 is 4.98 Å². The van der Waals surface area contributed by atoms with Gasteiger partial charge in [0.05, 0.1) is 0 Å². The molecule has 0 spiro atoms. The maximum atomic E-state index is 11.7. The number of H-pyrrole nitrogens is 1. The molecular formula is C11H15N3O. The zero-order chi connectivity index (χ0) is 11.2. The van der Waals surface area contributed by atoms with Gasteiger partial charge in [0.25, 0.3) is 0 Å². The molecule has 2 aromatic heterocycles. The van der Waals surface area contributed by atoms with Crippen molar-refractivity contribution in [2.24, 2.45) is 0 Å². The Hall–Kier alpha value is -1.58. The zero-order valence-corrected chi connectivity index (χ0v) is 9.46. The van der Waals surface area contributed by atoms with E-state index in [1.54, 1.807) is 4.57 Å². The molecule has 0 bridgehead atoms. The normalized spacial score (nSPS) is 12.3. The minimum Gasteiger partial charge on any atom is -0.343 e. The van der Waals surface area contributed by atoms with Gasteiger partial charge in [-0.3, -0.25) is 4.57 Å². The molecule has 2 rings (SSSR count). The number of aromatic amines is 1. The lowest BCUT2D eigenvalue weighted by molar-refractivity contribution is 0.380. The number of aryl methyl sites for hydroxylation is 1. The van der Waals surface area contributed by atoms with E-state index in [2.05, 4.69) is 9.97 Å². The largest absolute Gasteiger partial charge is 0.350 e. The van der Waals surface area contributed by atoms with Crippen LogP contribution in [0.5, 0.6) is 0 Å². The van der Waals surface area contributed by atoms with Crippen molar-refractivity contribution in [1.82, 2.24) is 14.5 Å². The number of nitrogens with zero attached hydrogens (tertiary/aromatic N) is 2. The van der Waals surface area contributed by atoms with Crippen molar-refractivity contribution < 1.29 is 0 Å². The third-order valence-corrected chi connectivity index (χ3v) is 2.37. The van der Waals surface area contributed by atoms with Crippen molar-refractivity contribution >= 4 is 11.0 Å². The number of hydrogen-bond acceptors (Lipinski definition) is 2. The van der Waals surface area contributed by atoms with Crippen LogP contribution in [0.2, 0.25) is 0 Å². The molecule has 0 aromatic carbocycles. The van der Waals surface area contributed by atoms with Gasteiger partial charge in [0.2, 0.25) is 0 Å². The van der Waals surface area contributed by atoms with Crippen LogP contribution in [0.3, 0.4) is 0 Å². The molecule has 1 N–H and O–H groups in total. The first kappa shape index (κ1) is 9.96. The van der Waals surface area contributed by atoms with E-state index in [0.717, 1.165) is 11.1 Å². The van der Waals surface area contributed by atoms with E-state index >= 15 is 0 Å². The molecule has 0 unspecified atom stereocenters. The Kier molecular flexibility index (Phi) is 1.96. The SMILES string of the molecule is Cc1cc2cn(C(C)(C)C)c(=O)nc2[nH]1. The minimum absolute atomic E-state index is 0.211. The predicted octanol–water partition coefficient (Wildman–Crippen LogP) is 1.79. The van der Waals surface area contributed by atoms with Crippen LogP contribution in [-0.4, -0.2) is 14.5 Å². The topological polar surface area (TPSA) is 50.7 Å². The monoisotopic (exact) mass is 205 g/mol. The maximum absolute atomic E-state index is 11.7. The summed E-state index contributed by atoms with van der Waals surface area (Å²) in [6, 6.07) is 1.99. The Bertz CT molecular complexity index is 557. The maximum Gasteiger partial charge on any atom is 0.350 e. The van der Waals surface area contributed by atoms with E-state index in [1.165, 1.54) is 0 Å². The van der Waals surface area contributed by atoms with E-state index in [9.17, 15) is 4.79 Å². The summed E-state index contributed by atoms with van der Waals surface area (Å²) in [5.74, 6) is 0. The summed E-state index contributed by atoms with van der Waals surface area (Å²) in [6.07, 6.45) is 1.86. The van der Waals surface area contributed by atoms with Crippen molar-refractivity contribution in [3.05, 3.63) is 28.4 Å². The summed E-state index contributed by atoms with van der Waals surface area (Å²) >= 11 is 0. The third-order valence-electron chi connectivity index (χ3n) is 2.37. The van der Waals surface area contributed by atoms with E-state index in [1.807, 2.05) is 40.0 Å². The van der Waals surface area contributed by atoms with Crippen LogP contribution in [0.4, 0.5) is 0 Å². The summed E-state index contributed by atoms with van der Waals surface area (Å²) < 4.78 is 1.66. The Labute approximate surface area is 88.0 Å². The molecule has 2 heterocycles. The first-order valence-corrected chi connectivity index (χ1v) is 4.97. The van der Waals surface area contributed by atoms with Crippen molar-refractivity contribution in [3.8, 4) is 0 Å². The lowest BCUT2D eigenvalue weighted by Gasteiger charge is -2.21. The highest BCUT2D eigenvalue weighted by molar-refractivity contribution is 5.75. The molecule has 0 aliphatic rings. The second-order valence-corrected chi connectivity index (χ2v) is 4.82. The quantitative estimate of drug-likeness (QED) is 0.712. The molecule has 0 saturated heterocycles. The minimum atomic E-state index is -0.233. The molecular weight excluding hydrogens is 190 g/mol. The fraction of sp³-hybridized carbons (Fsp3) is 0.455. The predicted molar refractivity (Wildman–Crippen MR) is 60.1 cm³/mol. The highest BCUT2D eigenvalue weighted by Crippen LogP contribution is 2.15. The first-order valence-electron chi connectivity index (χ1n) is 4.97. The average Bonchev–Trinajstić information content (AvgIpc) is 2.40. The third kappa shape index (κ3) is 1.67. The highest BCUT2D eigenvalue weighted by atomic mass is 16.1. The van der Waals surface area contributed by atoms with Crippen molar-refractivity contribution in [3.63, 3.8) is 0 Å². The smallest absolute Gasteiger partial charge is 0.343 e. The fourth-order valence-corrected chi connectivity index (χ4v) is 1.61. The van der Waals surface area contributed by atoms with Gasteiger partial charge in [0.1, 0.15) is 5.65 Å². The molecule has 0 aliphatic heterocycles. The number of nitrogens with one attached hydrogen (secondary N) is 1. The second kappa shape index (κ2) is 2.95. The Morgan fingerprint density at radius 3 is 2.67 bits per heavy atom. The highest BCUT2D eigenvalue weighted by Gasteiger charge is 2.16. The Morgan fingerprint density at radius 1 is 1.40 bits per heavy atom. The zero-order valence-electron chi connectivity index (χ0n) is 9.46. The summed E-state index contributed by atoms with van der Waals surface area (Å²) in [4.78, 5) is 18.8. The van der Waals surface area contributed by atoms with Gasteiger partial charge >= 0.3 is 5.69 Å². The number of hydrogen-bond donors (Lipinski definition) is 1. The van der Waals surface area contributed by atoms with E-state index in [0.29, 0.717) is 5.65 Å². The Morgan fingerprint density at radius 2 is 2.07 bits per heavy atom. The molecule has 4 heteroatoms. The van der Waals surface area contributed by atoms with Crippen LogP contribution < -0.4 is 5.69 Å². The van der Waals surface area contributed by atoms with Gasteiger partial charge in [-0.15, -0.1) is 0 Å². The number of fused-ring (bicyclic) bond motifs is 1. The fourth-order valence-electron chi connectivity index (χ4n) is 1.61. The summed E-state index contributed by atoms with van der Waals surface area (Å²) in [7, 11) is 0. The van der Waals surface area contributed by atoms with Crippen LogP contribution in [0.15, 0.2) is 17.1 Å². The molecule has 15 heavy (non-hydrogen) atoms. The van der Waals surface area contributed by atoms with Gasteiger partial charge in [-0.25, -0.2) is 4.79 Å². The van der Waals surface area contributed by atoms with Crippen molar-refractivity contribution in [1.29, 1.82) is 0 Å². The van der Waals surface area contributed by atoms with Gasteiger partial charge in [-0.2, -0.15) is 4.98 Å². The van der Waals surface area contributed by atoms with Crippen LogP contribution in [0.25, 0.3) is 11.0 Å². The second-order valence-electron chi connectivity index (χ2n) is 4.82. The molecule has 80 valence electrons. The molecule has 0 fully saturated rings.